The Kier molecular flexibility index (Phi) is 4.34. The van der Waals surface area contributed by atoms with Crippen molar-refractivity contribution in [3.05, 3.63) is 38.7 Å². The van der Waals surface area contributed by atoms with Crippen LogP contribution in [0.2, 0.25) is 0 Å². The SMILES string of the molecule is CNC(NC)(NC)c1c(I)c(C#N)c2cccc(C)n12. The number of nitrogens with one attached hydrogen (secondary N) is 3. The van der Waals surface area contributed by atoms with Crippen molar-refractivity contribution in [3.63, 3.8) is 0 Å². The van der Waals surface area contributed by atoms with Crippen molar-refractivity contribution in [2.45, 2.75) is 12.7 Å². The molecule has 106 valence electrons. The topological polar surface area (TPSA) is 64.3 Å². The normalized spacial score (nSPS) is 11.8. The largest absolute Gasteiger partial charge is 0.311 e. The van der Waals surface area contributed by atoms with Gasteiger partial charge in [-0.25, -0.2) is 0 Å². The molecule has 0 saturated carbocycles. The first-order valence-electron chi connectivity index (χ1n) is 6.33. The lowest BCUT2D eigenvalue weighted by molar-refractivity contribution is 0.239. The van der Waals surface area contributed by atoms with Crippen molar-refractivity contribution in [1.29, 1.82) is 5.26 Å². The lowest BCUT2D eigenvalue weighted by Gasteiger charge is -2.33. The van der Waals surface area contributed by atoms with Crippen LogP contribution in [0.1, 0.15) is 17.0 Å². The number of hydrogen-bond donors (Lipinski definition) is 3. The average Bonchev–Trinajstić information content (AvgIpc) is 2.76. The summed E-state index contributed by atoms with van der Waals surface area (Å²) in [5, 5.41) is 19.3. The van der Waals surface area contributed by atoms with Crippen LogP contribution in [-0.4, -0.2) is 25.5 Å². The highest BCUT2D eigenvalue weighted by atomic mass is 127. The van der Waals surface area contributed by atoms with Gasteiger partial charge in [0.05, 0.1) is 20.3 Å². The summed E-state index contributed by atoms with van der Waals surface area (Å²) in [7, 11) is 5.65. The fourth-order valence-electron chi connectivity index (χ4n) is 2.61. The Morgan fingerprint density at radius 3 is 2.30 bits per heavy atom. The second-order valence-corrected chi connectivity index (χ2v) is 5.62. The molecule has 2 aromatic heterocycles. The Morgan fingerprint density at radius 2 is 1.80 bits per heavy atom. The summed E-state index contributed by atoms with van der Waals surface area (Å²) >= 11 is 2.24. The van der Waals surface area contributed by atoms with E-state index < -0.39 is 5.79 Å². The predicted molar refractivity (Wildman–Crippen MR) is 88.4 cm³/mol. The highest BCUT2D eigenvalue weighted by Gasteiger charge is 2.34. The van der Waals surface area contributed by atoms with Gasteiger partial charge in [0, 0.05) is 5.69 Å². The van der Waals surface area contributed by atoms with E-state index >= 15 is 0 Å². The molecular formula is C14H18IN5. The van der Waals surface area contributed by atoms with Gasteiger partial charge >= 0.3 is 0 Å². The molecule has 0 aliphatic rings. The van der Waals surface area contributed by atoms with Gasteiger partial charge in [0.2, 0.25) is 0 Å². The number of hydrogen-bond acceptors (Lipinski definition) is 4. The van der Waals surface area contributed by atoms with Crippen molar-refractivity contribution in [2.24, 2.45) is 0 Å². The van der Waals surface area contributed by atoms with Crippen molar-refractivity contribution in [1.82, 2.24) is 20.4 Å². The molecule has 0 amide bonds. The quantitative estimate of drug-likeness (QED) is 0.553. The van der Waals surface area contributed by atoms with E-state index in [1.807, 2.05) is 46.3 Å². The summed E-state index contributed by atoms with van der Waals surface area (Å²) in [5.41, 5.74) is 3.71. The Bertz CT molecular complexity index is 671. The zero-order valence-electron chi connectivity index (χ0n) is 12.0. The van der Waals surface area contributed by atoms with Crippen LogP contribution < -0.4 is 16.0 Å². The third kappa shape index (κ3) is 2.02. The molecule has 0 saturated heterocycles. The molecule has 0 aromatic carbocycles. The Hall–Kier alpha value is -1.14. The van der Waals surface area contributed by atoms with Crippen LogP contribution in [0.15, 0.2) is 18.2 Å². The molecule has 2 aromatic rings. The second kappa shape index (κ2) is 5.69. The van der Waals surface area contributed by atoms with Crippen LogP contribution in [0, 0.1) is 21.8 Å². The number of pyridine rings is 1. The minimum atomic E-state index is -0.597. The summed E-state index contributed by atoms with van der Waals surface area (Å²) in [4.78, 5) is 0. The van der Waals surface area contributed by atoms with Crippen LogP contribution in [0.5, 0.6) is 0 Å². The smallest absolute Gasteiger partial charge is 0.166 e. The van der Waals surface area contributed by atoms with Gasteiger partial charge in [-0.2, -0.15) is 5.26 Å². The molecule has 2 heterocycles. The molecule has 2 rings (SSSR count). The first-order chi connectivity index (χ1) is 9.56. The molecule has 0 unspecified atom stereocenters. The molecule has 0 atom stereocenters. The van der Waals surface area contributed by atoms with E-state index in [-0.39, 0.29) is 0 Å². The monoisotopic (exact) mass is 383 g/mol. The molecule has 20 heavy (non-hydrogen) atoms. The zero-order valence-corrected chi connectivity index (χ0v) is 14.2. The van der Waals surface area contributed by atoms with E-state index in [1.54, 1.807) is 0 Å². The van der Waals surface area contributed by atoms with Crippen LogP contribution in [0.3, 0.4) is 0 Å². The van der Waals surface area contributed by atoms with E-state index in [0.717, 1.165) is 20.5 Å². The predicted octanol–water partition coefficient (Wildman–Crippen LogP) is 1.49. The Morgan fingerprint density at radius 1 is 1.20 bits per heavy atom. The number of fused-ring (bicyclic) bond motifs is 1. The molecule has 3 N–H and O–H groups in total. The van der Waals surface area contributed by atoms with Crippen LogP contribution in [0.4, 0.5) is 0 Å². The second-order valence-electron chi connectivity index (χ2n) is 4.54. The number of aromatic nitrogens is 1. The third-order valence-electron chi connectivity index (χ3n) is 3.68. The number of halogens is 1. The van der Waals surface area contributed by atoms with E-state index in [0.29, 0.717) is 5.56 Å². The first kappa shape index (κ1) is 15.3. The molecule has 0 spiro atoms. The average molecular weight is 383 g/mol. The maximum absolute atomic E-state index is 9.48. The summed E-state index contributed by atoms with van der Waals surface area (Å²) in [6, 6.07) is 8.31. The maximum atomic E-state index is 9.48. The van der Waals surface area contributed by atoms with Crippen molar-refractivity contribution in [3.8, 4) is 6.07 Å². The minimum absolute atomic E-state index is 0.597. The number of aryl methyl sites for hydroxylation is 1. The molecule has 0 bridgehead atoms. The molecule has 5 nitrogen and oxygen atoms in total. The van der Waals surface area contributed by atoms with Gasteiger partial charge in [0.25, 0.3) is 0 Å². The fourth-order valence-corrected chi connectivity index (χ4v) is 3.65. The molecule has 0 aliphatic carbocycles. The van der Waals surface area contributed by atoms with Gasteiger partial charge in [0.1, 0.15) is 6.07 Å². The van der Waals surface area contributed by atoms with Crippen molar-refractivity contribution in [2.75, 3.05) is 21.1 Å². The standard InChI is InChI=1S/C14H18IN5/c1-9-6-5-7-11-10(8-16)12(15)13(20(9)11)14(17-2,18-3)19-4/h5-7,17-19H,1-4H3. The van der Waals surface area contributed by atoms with Gasteiger partial charge in [-0.1, -0.05) is 6.07 Å². The molecule has 0 fully saturated rings. The maximum Gasteiger partial charge on any atom is 0.166 e. The number of nitrogens with zero attached hydrogens (tertiary/aromatic N) is 2. The van der Waals surface area contributed by atoms with Gasteiger partial charge in [-0.3, -0.25) is 16.0 Å². The lowest BCUT2D eigenvalue weighted by Crippen LogP contribution is -2.61. The van der Waals surface area contributed by atoms with E-state index in [2.05, 4.69) is 49.0 Å². The highest BCUT2D eigenvalue weighted by molar-refractivity contribution is 14.1. The molecular weight excluding hydrogens is 365 g/mol. The van der Waals surface area contributed by atoms with Crippen molar-refractivity contribution >= 4 is 28.1 Å². The summed E-state index contributed by atoms with van der Waals surface area (Å²) in [5.74, 6) is -0.597. The van der Waals surface area contributed by atoms with Gasteiger partial charge in [-0.05, 0) is 62.8 Å². The van der Waals surface area contributed by atoms with Crippen LogP contribution in [0.25, 0.3) is 5.52 Å². The van der Waals surface area contributed by atoms with E-state index in [9.17, 15) is 5.26 Å². The molecule has 6 heteroatoms. The van der Waals surface area contributed by atoms with E-state index in [1.165, 1.54) is 0 Å². The first-order valence-corrected chi connectivity index (χ1v) is 7.41. The molecule has 0 aliphatic heterocycles. The van der Waals surface area contributed by atoms with Crippen LogP contribution in [-0.2, 0) is 5.79 Å². The third-order valence-corrected chi connectivity index (χ3v) is 4.73. The summed E-state index contributed by atoms with van der Waals surface area (Å²) in [6.45, 7) is 2.04. The van der Waals surface area contributed by atoms with Crippen molar-refractivity contribution < 1.29 is 0 Å². The highest BCUT2D eigenvalue weighted by Crippen LogP contribution is 2.31. The molecule has 0 radical (unpaired) electrons. The zero-order chi connectivity index (χ0) is 14.9. The summed E-state index contributed by atoms with van der Waals surface area (Å²) in [6.07, 6.45) is 0. The summed E-state index contributed by atoms with van der Waals surface area (Å²) < 4.78 is 3.06. The number of rotatable bonds is 4. The van der Waals surface area contributed by atoms with Crippen LogP contribution >= 0.6 is 22.6 Å². The fraction of sp³-hybridized carbons (Fsp3) is 0.357. The number of nitriles is 1. The Labute approximate surface area is 132 Å². The van der Waals surface area contributed by atoms with Gasteiger partial charge in [0.15, 0.2) is 5.79 Å². The van der Waals surface area contributed by atoms with Gasteiger partial charge < -0.3 is 4.40 Å². The lowest BCUT2D eigenvalue weighted by atomic mass is 10.2. The van der Waals surface area contributed by atoms with Gasteiger partial charge in [-0.15, -0.1) is 0 Å². The van der Waals surface area contributed by atoms with E-state index in [4.69, 9.17) is 0 Å². The Balaban J connectivity index is 2.97. The minimum Gasteiger partial charge on any atom is -0.311 e.